The highest BCUT2D eigenvalue weighted by atomic mass is 35.5. The summed E-state index contributed by atoms with van der Waals surface area (Å²) in [7, 11) is 1.57. The highest BCUT2D eigenvalue weighted by Crippen LogP contribution is 2.32. The summed E-state index contributed by atoms with van der Waals surface area (Å²) in [4.78, 5) is 13.5. The fraction of sp³-hybridized carbons (Fsp3) is 0.438. The summed E-state index contributed by atoms with van der Waals surface area (Å²) in [5, 5.41) is 3.34. The van der Waals surface area contributed by atoms with E-state index in [2.05, 4.69) is 16.8 Å². The Balaban J connectivity index is 0.00000242. The number of benzene rings is 1. The Morgan fingerprint density at radius 1 is 1.30 bits per heavy atom. The Hall–Kier alpha value is -1.27. The van der Waals surface area contributed by atoms with Gasteiger partial charge >= 0.3 is 5.97 Å². The molecule has 1 aliphatic rings. The van der Waals surface area contributed by atoms with Crippen molar-refractivity contribution in [1.82, 2.24) is 10.2 Å². The molecule has 0 bridgehead atoms. The number of rotatable bonds is 5. The number of hydrogen-bond acceptors (Lipinski definition) is 5. The van der Waals surface area contributed by atoms with Crippen LogP contribution in [0.25, 0.3) is 0 Å². The van der Waals surface area contributed by atoms with Gasteiger partial charge in [-0.15, -0.1) is 31.4 Å². The number of carbonyl (C=O) groups excluding carboxylic acids is 1. The van der Waals surface area contributed by atoms with E-state index in [1.165, 1.54) is 6.92 Å². The summed E-state index contributed by atoms with van der Waals surface area (Å²) in [6, 6.07) is 5.77. The van der Waals surface area contributed by atoms with E-state index in [1.807, 2.05) is 18.2 Å². The van der Waals surface area contributed by atoms with Gasteiger partial charge in [-0.3, -0.25) is 9.69 Å². The van der Waals surface area contributed by atoms with Crippen LogP contribution in [-0.2, 0) is 4.79 Å². The van der Waals surface area contributed by atoms with Gasteiger partial charge in [0.15, 0.2) is 11.5 Å². The number of hydrogen-bond donors (Lipinski definition) is 1. The lowest BCUT2D eigenvalue weighted by Crippen LogP contribution is -2.44. The Morgan fingerprint density at radius 2 is 1.96 bits per heavy atom. The number of carbonyl (C=O) groups is 1. The lowest BCUT2D eigenvalue weighted by molar-refractivity contribution is -0.132. The van der Waals surface area contributed by atoms with Gasteiger partial charge in [0.05, 0.1) is 13.2 Å². The Labute approximate surface area is 149 Å². The maximum atomic E-state index is 11.1. The van der Waals surface area contributed by atoms with Gasteiger partial charge in [-0.2, -0.15) is 0 Å². The van der Waals surface area contributed by atoms with Gasteiger partial charge < -0.3 is 14.8 Å². The molecule has 1 aromatic rings. The Bertz CT molecular complexity index is 520. The lowest BCUT2D eigenvalue weighted by atomic mass is 10.0. The first-order valence-corrected chi connectivity index (χ1v) is 7.09. The second-order valence-electron chi connectivity index (χ2n) is 4.97. The fourth-order valence-corrected chi connectivity index (χ4v) is 2.56. The molecule has 0 aliphatic carbocycles. The number of nitrogens with one attached hydrogen (secondary N) is 1. The zero-order valence-corrected chi connectivity index (χ0v) is 15.0. The van der Waals surface area contributed by atoms with Crippen LogP contribution in [-0.4, -0.2) is 44.2 Å². The van der Waals surface area contributed by atoms with Crippen molar-refractivity contribution in [1.29, 1.82) is 0 Å². The van der Waals surface area contributed by atoms with Gasteiger partial charge in [0.1, 0.15) is 0 Å². The van der Waals surface area contributed by atoms with Crippen LogP contribution in [0.4, 0.5) is 0 Å². The van der Waals surface area contributed by atoms with E-state index in [0.717, 1.165) is 31.7 Å². The zero-order chi connectivity index (χ0) is 15.2. The molecule has 1 aliphatic heterocycles. The first-order valence-electron chi connectivity index (χ1n) is 7.09. The Morgan fingerprint density at radius 3 is 2.48 bits per heavy atom. The monoisotopic (exact) mass is 362 g/mol. The number of nitrogens with zero attached hydrogens (tertiary/aromatic N) is 1. The fourth-order valence-electron chi connectivity index (χ4n) is 2.56. The minimum Gasteiger partial charge on any atom is -0.493 e. The van der Waals surface area contributed by atoms with E-state index in [0.29, 0.717) is 11.5 Å². The lowest BCUT2D eigenvalue weighted by Gasteiger charge is -2.33. The van der Waals surface area contributed by atoms with Crippen molar-refractivity contribution in [3.8, 4) is 11.5 Å². The summed E-state index contributed by atoms with van der Waals surface area (Å²) in [6.07, 6.45) is 1.94. The molecule has 0 unspecified atom stereocenters. The molecular formula is C16H24Cl2N2O3. The van der Waals surface area contributed by atoms with Gasteiger partial charge in [-0.1, -0.05) is 12.1 Å². The SMILES string of the molecule is C=C[C@@H](c1ccc(OC(C)=O)c(OC)c1)N1CCNCC1.Cl.Cl. The molecule has 1 atom stereocenters. The predicted octanol–water partition coefficient (Wildman–Crippen LogP) is 2.60. The number of esters is 1. The third kappa shape index (κ3) is 5.70. The van der Waals surface area contributed by atoms with Crippen LogP contribution in [0.1, 0.15) is 18.5 Å². The maximum Gasteiger partial charge on any atom is 0.308 e. The van der Waals surface area contributed by atoms with Crippen LogP contribution in [0.15, 0.2) is 30.9 Å². The van der Waals surface area contributed by atoms with Gasteiger partial charge in [0, 0.05) is 33.1 Å². The van der Waals surface area contributed by atoms with E-state index >= 15 is 0 Å². The minimum atomic E-state index is -0.358. The first-order chi connectivity index (χ1) is 10.2. The van der Waals surface area contributed by atoms with Crippen molar-refractivity contribution in [3.05, 3.63) is 36.4 Å². The van der Waals surface area contributed by atoms with E-state index in [4.69, 9.17) is 9.47 Å². The zero-order valence-electron chi connectivity index (χ0n) is 13.4. The Kier molecular flexibility index (Phi) is 9.91. The minimum absolute atomic E-state index is 0. The molecule has 0 amide bonds. The second-order valence-corrected chi connectivity index (χ2v) is 4.97. The molecule has 0 aromatic heterocycles. The van der Waals surface area contributed by atoms with Crippen LogP contribution in [0.5, 0.6) is 11.5 Å². The highest BCUT2D eigenvalue weighted by Gasteiger charge is 2.21. The van der Waals surface area contributed by atoms with E-state index in [9.17, 15) is 4.79 Å². The van der Waals surface area contributed by atoms with Crippen LogP contribution in [0.2, 0.25) is 0 Å². The van der Waals surface area contributed by atoms with Gasteiger partial charge in [-0.05, 0) is 17.7 Å². The highest BCUT2D eigenvalue weighted by molar-refractivity contribution is 5.85. The van der Waals surface area contributed by atoms with Crippen molar-refractivity contribution >= 4 is 30.8 Å². The second kappa shape index (κ2) is 10.5. The molecule has 0 radical (unpaired) electrons. The van der Waals surface area contributed by atoms with Crippen LogP contribution >= 0.6 is 24.8 Å². The number of methoxy groups -OCH3 is 1. The maximum absolute atomic E-state index is 11.1. The molecule has 1 aromatic carbocycles. The number of piperazine rings is 1. The molecule has 2 rings (SSSR count). The molecule has 0 spiro atoms. The van der Waals surface area contributed by atoms with Crippen molar-refractivity contribution < 1.29 is 14.3 Å². The van der Waals surface area contributed by atoms with Gasteiger partial charge in [0.2, 0.25) is 0 Å². The van der Waals surface area contributed by atoms with Crippen molar-refractivity contribution in [2.45, 2.75) is 13.0 Å². The number of ether oxygens (including phenoxy) is 2. The normalized spacial score (nSPS) is 15.6. The molecule has 5 nitrogen and oxygen atoms in total. The molecule has 1 N–H and O–H groups in total. The summed E-state index contributed by atoms with van der Waals surface area (Å²) in [6.45, 7) is 9.24. The van der Waals surface area contributed by atoms with Crippen LogP contribution in [0.3, 0.4) is 0 Å². The quantitative estimate of drug-likeness (QED) is 0.495. The average molecular weight is 363 g/mol. The van der Waals surface area contributed by atoms with Gasteiger partial charge in [0.25, 0.3) is 0 Å². The molecular weight excluding hydrogens is 339 g/mol. The predicted molar refractivity (Wildman–Crippen MR) is 96.2 cm³/mol. The molecule has 1 fully saturated rings. The third-order valence-corrected chi connectivity index (χ3v) is 3.55. The average Bonchev–Trinajstić information content (AvgIpc) is 2.50. The third-order valence-electron chi connectivity index (χ3n) is 3.55. The molecule has 23 heavy (non-hydrogen) atoms. The van der Waals surface area contributed by atoms with Crippen molar-refractivity contribution in [3.63, 3.8) is 0 Å². The molecule has 1 heterocycles. The topological polar surface area (TPSA) is 50.8 Å². The van der Waals surface area contributed by atoms with E-state index in [1.54, 1.807) is 13.2 Å². The molecule has 130 valence electrons. The molecule has 0 saturated carbocycles. The van der Waals surface area contributed by atoms with Crippen molar-refractivity contribution in [2.75, 3.05) is 33.3 Å². The summed E-state index contributed by atoms with van der Waals surface area (Å²) >= 11 is 0. The van der Waals surface area contributed by atoms with E-state index < -0.39 is 0 Å². The molecule has 7 heteroatoms. The largest absolute Gasteiger partial charge is 0.493 e. The first kappa shape index (κ1) is 21.7. The van der Waals surface area contributed by atoms with Gasteiger partial charge in [-0.25, -0.2) is 0 Å². The standard InChI is InChI=1S/C16H22N2O3.2ClH/c1-4-14(18-9-7-17-8-10-18)13-5-6-15(21-12(2)19)16(11-13)20-3;;/h4-6,11,14,17H,1,7-10H2,2-3H3;2*1H/t14-;;/m0../s1. The number of halogens is 2. The molecule has 1 saturated heterocycles. The van der Waals surface area contributed by atoms with Crippen molar-refractivity contribution in [2.24, 2.45) is 0 Å². The summed E-state index contributed by atoms with van der Waals surface area (Å²) < 4.78 is 10.5. The summed E-state index contributed by atoms with van der Waals surface area (Å²) in [5.74, 6) is 0.644. The van der Waals surface area contributed by atoms with Crippen LogP contribution in [0, 0.1) is 0 Å². The smallest absolute Gasteiger partial charge is 0.308 e. The summed E-state index contributed by atoms with van der Waals surface area (Å²) in [5.41, 5.74) is 1.08. The van der Waals surface area contributed by atoms with E-state index in [-0.39, 0.29) is 36.8 Å². The van der Waals surface area contributed by atoms with Crippen LogP contribution < -0.4 is 14.8 Å².